The van der Waals surface area contributed by atoms with Gasteiger partial charge in [-0.25, -0.2) is 0 Å². The van der Waals surface area contributed by atoms with E-state index >= 15 is 0 Å². The van der Waals surface area contributed by atoms with E-state index < -0.39 is 0 Å². The molecular weight excluding hydrogens is 582 g/mol. The molecule has 9 heteroatoms. The van der Waals surface area contributed by atoms with Crippen molar-refractivity contribution in [3.8, 4) is 17.2 Å². The topological polar surface area (TPSA) is 89.6 Å². The quantitative estimate of drug-likeness (QED) is 0.259. The molecule has 0 unspecified atom stereocenters. The molecule has 3 aromatic rings. The van der Waals surface area contributed by atoms with Gasteiger partial charge in [-0.15, -0.1) is 0 Å². The molecule has 244 valence electrons. The largest absolute Gasteiger partial charge is 0.497 e. The maximum atomic E-state index is 14.1. The van der Waals surface area contributed by atoms with Crippen molar-refractivity contribution in [1.82, 2.24) is 15.1 Å². The van der Waals surface area contributed by atoms with Crippen molar-refractivity contribution in [2.24, 2.45) is 0 Å². The van der Waals surface area contributed by atoms with Gasteiger partial charge in [0.15, 0.2) is 0 Å². The van der Waals surface area contributed by atoms with Crippen molar-refractivity contribution >= 4 is 17.4 Å². The van der Waals surface area contributed by atoms with Crippen molar-refractivity contribution in [1.29, 1.82) is 0 Å². The van der Waals surface area contributed by atoms with Gasteiger partial charge in [0.2, 0.25) is 5.91 Å². The average Bonchev–Trinajstić information content (AvgIpc) is 3.08. The Hall–Kier alpha value is -4.34. The molecule has 1 saturated heterocycles. The number of para-hydroxylation sites is 1. The number of piperazine rings is 1. The van der Waals surface area contributed by atoms with Crippen LogP contribution < -0.4 is 19.5 Å². The van der Waals surface area contributed by atoms with Crippen LogP contribution in [-0.2, 0) is 27.4 Å². The fourth-order valence-corrected chi connectivity index (χ4v) is 6.13. The molecule has 0 spiro atoms. The van der Waals surface area contributed by atoms with Crippen LogP contribution in [-0.4, -0.2) is 87.8 Å². The number of hydrogen-bond donors (Lipinski definition) is 1. The highest BCUT2D eigenvalue weighted by molar-refractivity contribution is 6.03. The molecule has 0 aliphatic carbocycles. The van der Waals surface area contributed by atoms with Crippen LogP contribution in [0.1, 0.15) is 36.5 Å². The summed E-state index contributed by atoms with van der Waals surface area (Å²) in [7, 11) is 5.17. The fraction of sp³-hybridized carbons (Fsp3) is 0.405. The van der Waals surface area contributed by atoms with Gasteiger partial charge in [0.05, 0.1) is 40.1 Å². The van der Waals surface area contributed by atoms with Gasteiger partial charge in [0, 0.05) is 57.2 Å². The van der Waals surface area contributed by atoms with E-state index in [9.17, 15) is 9.59 Å². The van der Waals surface area contributed by atoms with Gasteiger partial charge >= 0.3 is 0 Å². The van der Waals surface area contributed by atoms with Crippen LogP contribution in [0.2, 0.25) is 0 Å². The van der Waals surface area contributed by atoms with Gasteiger partial charge < -0.3 is 34.1 Å². The number of hydrogen-bond acceptors (Lipinski definition) is 7. The van der Waals surface area contributed by atoms with E-state index in [1.165, 1.54) is 0 Å². The number of ether oxygens (including phenoxy) is 4. The summed E-state index contributed by atoms with van der Waals surface area (Å²) in [6.45, 7) is 4.88. The number of rotatable bonds is 14. The molecule has 0 aromatic heterocycles. The van der Waals surface area contributed by atoms with Gasteiger partial charge in [0.25, 0.3) is 5.91 Å². The first-order chi connectivity index (χ1) is 22.4. The second kappa shape index (κ2) is 15.8. The summed E-state index contributed by atoms with van der Waals surface area (Å²) in [5, 5.41) is 3.63. The lowest BCUT2D eigenvalue weighted by atomic mass is 9.83. The Balaban J connectivity index is 1.23. The molecule has 2 heterocycles. The predicted molar refractivity (Wildman–Crippen MR) is 178 cm³/mol. The maximum Gasteiger partial charge on any atom is 0.251 e. The maximum absolute atomic E-state index is 14.1. The van der Waals surface area contributed by atoms with Crippen LogP contribution >= 0.6 is 0 Å². The molecule has 2 bridgehead atoms. The van der Waals surface area contributed by atoms with Crippen LogP contribution in [0.4, 0.5) is 0 Å². The summed E-state index contributed by atoms with van der Waals surface area (Å²) in [6, 6.07) is 23.6. The molecule has 5 rings (SSSR count). The third-order valence-corrected chi connectivity index (χ3v) is 8.68. The number of carbonyl (C=O) groups excluding carboxylic acids is 2. The lowest BCUT2D eigenvalue weighted by molar-refractivity contribution is -0.132. The summed E-state index contributed by atoms with van der Waals surface area (Å²) >= 11 is 0. The fourth-order valence-electron chi connectivity index (χ4n) is 6.13. The summed E-state index contributed by atoms with van der Waals surface area (Å²) < 4.78 is 22.5. The number of fused-ring (bicyclic) bond motifs is 2. The molecule has 9 nitrogen and oxygen atoms in total. The van der Waals surface area contributed by atoms with Crippen LogP contribution in [0.25, 0.3) is 5.57 Å². The standard InChI is InChI=1S/C37H45N3O6/c1-26(41)40-23-30-22-33(36(34(24-40)38-30)37(42)39(2)19-18-27-10-14-31(43-3)15-11-27)28-12-16-32(17-13-28)46-21-7-20-45-25-29-8-5-6-9-35(29)44-4/h5-6,8-17,30,34,38H,7,18-25H2,1-4H3/t30-,34-/m1/s1. The van der Waals surface area contributed by atoms with Crippen molar-refractivity contribution < 1.29 is 28.5 Å². The van der Waals surface area contributed by atoms with Crippen LogP contribution in [0.5, 0.6) is 17.2 Å². The molecule has 3 aromatic carbocycles. The van der Waals surface area contributed by atoms with Gasteiger partial charge in [-0.1, -0.05) is 42.5 Å². The molecule has 1 N–H and O–H groups in total. The Morgan fingerprint density at radius 2 is 1.65 bits per heavy atom. The number of carbonyl (C=O) groups is 2. The highest BCUT2D eigenvalue weighted by Gasteiger charge is 2.39. The van der Waals surface area contributed by atoms with E-state index in [0.717, 1.165) is 57.9 Å². The smallest absolute Gasteiger partial charge is 0.251 e. The van der Waals surface area contributed by atoms with Crippen molar-refractivity contribution in [3.63, 3.8) is 0 Å². The molecular formula is C37H45N3O6. The molecule has 2 aliphatic rings. The molecule has 2 aliphatic heterocycles. The minimum Gasteiger partial charge on any atom is -0.497 e. The number of likely N-dealkylation sites (N-methyl/N-ethyl adjacent to an activating group) is 1. The van der Waals surface area contributed by atoms with Gasteiger partial charge in [-0.05, 0) is 59.9 Å². The SMILES string of the molecule is COc1ccc(CCN(C)C(=O)C2=C(c3ccc(OCCCOCc4ccccc4OC)cc3)C[C@@H]3CN(C(C)=O)C[C@H]2N3)cc1. The normalized spacial score (nSPS) is 17.4. The number of methoxy groups -OCH3 is 2. The van der Waals surface area contributed by atoms with Crippen molar-refractivity contribution in [2.45, 2.75) is 44.9 Å². The molecule has 0 radical (unpaired) electrons. The zero-order valence-electron chi connectivity index (χ0n) is 27.3. The highest BCUT2D eigenvalue weighted by atomic mass is 16.5. The minimum atomic E-state index is -0.228. The van der Waals surface area contributed by atoms with Gasteiger partial charge in [-0.2, -0.15) is 0 Å². The van der Waals surface area contributed by atoms with Crippen molar-refractivity contribution in [3.05, 3.63) is 95.1 Å². The highest BCUT2D eigenvalue weighted by Crippen LogP contribution is 2.35. The first kappa shape index (κ1) is 33.0. The third-order valence-electron chi connectivity index (χ3n) is 8.68. The first-order valence-electron chi connectivity index (χ1n) is 15.9. The monoisotopic (exact) mass is 627 g/mol. The molecule has 2 amide bonds. The van der Waals surface area contributed by atoms with Crippen LogP contribution in [0.3, 0.4) is 0 Å². The van der Waals surface area contributed by atoms with E-state index in [2.05, 4.69) is 5.32 Å². The van der Waals surface area contributed by atoms with E-state index in [1.807, 2.05) is 84.7 Å². The Morgan fingerprint density at radius 1 is 0.913 bits per heavy atom. The van der Waals surface area contributed by atoms with E-state index in [1.54, 1.807) is 26.0 Å². The van der Waals surface area contributed by atoms with Gasteiger partial charge in [-0.3, -0.25) is 9.59 Å². The Bertz CT molecular complexity index is 1500. The summed E-state index contributed by atoms with van der Waals surface area (Å²) in [5.41, 5.74) is 4.94. The zero-order chi connectivity index (χ0) is 32.5. The van der Waals surface area contributed by atoms with Crippen LogP contribution in [0, 0.1) is 0 Å². The van der Waals surface area contributed by atoms with E-state index in [-0.39, 0.29) is 23.9 Å². The molecule has 46 heavy (non-hydrogen) atoms. The Morgan fingerprint density at radius 3 is 2.37 bits per heavy atom. The van der Waals surface area contributed by atoms with Crippen molar-refractivity contribution in [2.75, 3.05) is 54.1 Å². The molecule has 1 fully saturated rings. The van der Waals surface area contributed by atoms with Crippen LogP contribution in [0.15, 0.2) is 78.4 Å². The summed E-state index contributed by atoms with van der Waals surface area (Å²) in [5.74, 6) is 2.43. The number of amides is 2. The summed E-state index contributed by atoms with van der Waals surface area (Å²) in [4.78, 5) is 30.0. The Kier molecular flexibility index (Phi) is 11.3. The molecule has 0 saturated carbocycles. The Labute approximate surface area is 272 Å². The lowest BCUT2D eigenvalue weighted by Gasteiger charge is -2.44. The second-order valence-corrected chi connectivity index (χ2v) is 11.9. The molecule has 2 atom stereocenters. The predicted octanol–water partition coefficient (Wildman–Crippen LogP) is 4.74. The second-order valence-electron chi connectivity index (χ2n) is 11.9. The third kappa shape index (κ3) is 8.27. The van der Waals surface area contributed by atoms with E-state index in [4.69, 9.17) is 18.9 Å². The number of nitrogens with one attached hydrogen (secondary N) is 1. The first-order valence-corrected chi connectivity index (χ1v) is 15.9. The minimum absolute atomic E-state index is 0.0155. The number of benzene rings is 3. The number of nitrogens with zero attached hydrogens (tertiary/aromatic N) is 2. The average molecular weight is 628 g/mol. The zero-order valence-corrected chi connectivity index (χ0v) is 27.3. The summed E-state index contributed by atoms with van der Waals surface area (Å²) in [6.07, 6.45) is 2.15. The lowest BCUT2D eigenvalue weighted by Crippen LogP contribution is -2.61. The van der Waals surface area contributed by atoms with E-state index in [0.29, 0.717) is 45.9 Å². The van der Waals surface area contributed by atoms with Gasteiger partial charge in [0.1, 0.15) is 17.2 Å².